The Labute approximate surface area is 260 Å². The third-order valence-electron chi connectivity index (χ3n) is 9.49. The van der Waals surface area contributed by atoms with Crippen LogP contribution >= 0.6 is 0 Å². The molecule has 1 atom stereocenters. The number of ether oxygens (including phenoxy) is 1. The normalized spacial score (nSPS) is 12.3. The predicted octanol–water partition coefficient (Wildman–Crippen LogP) is 13.9. The average molecular weight is 579 g/mol. The van der Waals surface area contributed by atoms with Gasteiger partial charge in [0.1, 0.15) is 0 Å². The molecule has 0 amide bonds. The quantitative estimate of drug-likeness (QED) is 0.0560. The molecule has 0 spiro atoms. The van der Waals surface area contributed by atoms with E-state index in [2.05, 4.69) is 27.7 Å². The lowest BCUT2D eigenvalue weighted by atomic mass is 9.90. The van der Waals surface area contributed by atoms with Crippen molar-refractivity contribution >= 4 is 5.97 Å². The number of unbranched alkanes of at least 4 members (excludes halogenated alkanes) is 19. The monoisotopic (exact) mass is 579 g/mol. The first-order chi connectivity index (χ1) is 20.2. The topological polar surface area (TPSA) is 26.3 Å². The largest absolute Gasteiger partial charge is 0.466 e. The van der Waals surface area contributed by atoms with Gasteiger partial charge in [-0.25, -0.2) is 0 Å². The summed E-state index contributed by atoms with van der Waals surface area (Å²) in [6, 6.07) is 0. The molecule has 0 rings (SSSR count). The van der Waals surface area contributed by atoms with E-state index in [0.717, 1.165) is 24.7 Å². The molecule has 0 radical (unpaired) electrons. The molecule has 0 aliphatic carbocycles. The first-order valence-corrected chi connectivity index (χ1v) is 19.3. The Hall–Kier alpha value is -0.530. The Morgan fingerprint density at radius 3 is 1.17 bits per heavy atom. The van der Waals surface area contributed by atoms with Gasteiger partial charge >= 0.3 is 5.97 Å². The number of hydrogen-bond acceptors (Lipinski definition) is 2. The van der Waals surface area contributed by atoms with Crippen molar-refractivity contribution in [1.29, 1.82) is 0 Å². The van der Waals surface area contributed by atoms with E-state index in [-0.39, 0.29) is 5.97 Å². The lowest BCUT2D eigenvalue weighted by molar-refractivity contribution is -0.144. The summed E-state index contributed by atoms with van der Waals surface area (Å²) in [5, 5.41) is 0. The Balaban J connectivity index is 4.02. The van der Waals surface area contributed by atoms with Crippen molar-refractivity contribution in [1.82, 2.24) is 0 Å². The van der Waals surface area contributed by atoms with E-state index in [9.17, 15) is 4.79 Å². The molecular weight excluding hydrogens is 500 g/mol. The number of carbonyl (C=O) groups excluding carboxylic acids is 1. The maximum absolute atomic E-state index is 12.4. The summed E-state index contributed by atoms with van der Waals surface area (Å²) in [6.07, 6.45) is 41.3. The Bertz CT molecular complexity index is 484. The van der Waals surface area contributed by atoms with Gasteiger partial charge in [-0.3, -0.25) is 4.79 Å². The van der Waals surface area contributed by atoms with Crippen LogP contribution in [0.25, 0.3) is 0 Å². The van der Waals surface area contributed by atoms with Crippen molar-refractivity contribution < 1.29 is 9.53 Å². The summed E-state index contributed by atoms with van der Waals surface area (Å²) >= 11 is 0. The van der Waals surface area contributed by atoms with E-state index in [1.165, 1.54) is 180 Å². The molecule has 0 aliphatic rings. The fraction of sp³-hybridized carbons (Fsp3) is 0.974. The molecule has 0 fully saturated rings. The average Bonchev–Trinajstić information content (AvgIpc) is 2.98. The van der Waals surface area contributed by atoms with Gasteiger partial charge in [0.05, 0.1) is 6.61 Å². The minimum Gasteiger partial charge on any atom is -0.466 e. The maximum Gasteiger partial charge on any atom is 0.305 e. The Kier molecular flexibility index (Phi) is 33.5. The fourth-order valence-electron chi connectivity index (χ4n) is 6.50. The number of carbonyl (C=O) groups is 1. The van der Waals surface area contributed by atoms with Gasteiger partial charge in [0.2, 0.25) is 0 Å². The van der Waals surface area contributed by atoms with Crippen molar-refractivity contribution in [2.75, 3.05) is 6.61 Å². The van der Waals surface area contributed by atoms with Crippen LogP contribution in [-0.2, 0) is 9.53 Å². The summed E-state index contributed by atoms with van der Waals surface area (Å²) in [4.78, 5) is 12.4. The van der Waals surface area contributed by atoms with Crippen LogP contribution in [0.4, 0.5) is 0 Å². The Morgan fingerprint density at radius 2 is 0.756 bits per heavy atom. The van der Waals surface area contributed by atoms with E-state index in [1.54, 1.807) is 0 Å². The van der Waals surface area contributed by atoms with Crippen LogP contribution in [0, 0.1) is 11.8 Å². The lowest BCUT2D eigenvalue weighted by Crippen LogP contribution is -2.09. The molecule has 246 valence electrons. The highest BCUT2D eigenvalue weighted by molar-refractivity contribution is 5.69. The zero-order chi connectivity index (χ0) is 30.1. The molecular formula is C39H78O2. The molecule has 41 heavy (non-hydrogen) atoms. The number of hydrogen-bond donors (Lipinski definition) is 0. The molecule has 0 N–H and O–H groups in total. The third kappa shape index (κ3) is 30.7. The van der Waals surface area contributed by atoms with Crippen LogP contribution in [-0.4, -0.2) is 12.6 Å². The van der Waals surface area contributed by atoms with Gasteiger partial charge in [-0.2, -0.15) is 0 Å². The van der Waals surface area contributed by atoms with Crippen molar-refractivity contribution in [3.63, 3.8) is 0 Å². The first-order valence-electron chi connectivity index (χ1n) is 19.3. The van der Waals surface area contributed by atoms with Gasteiger partial charge in [0.25, 0.3) is 0 Å². The molecule has 2 nitrogen and oxygen atoms in total. The van der Waals surface area contributed by atoms with E-state index in [4.69, 9.17) is 4.74 Å². The van der Waals surface area contributed by atoms with Crippen molar-refractivity contribution in [2.24, 2.45) is 11.8 Å². The molecule has 1 unspecified atom stereocenters. The standard InChI is InChI=1S/C39H78O2/c1-5-9-12-15-18-21-22-25-30-37(8-4)33-28-35-39(40)41-36-29-34-38(31-26-23-19-16-13-10-6-2)32-27-24-20-17-14-11-7-3/h37-38H,5-36H2,1-4H3. The fourth-order valence-corrected chi connectivity index (χ4v) is 6.50. The zero-order valence-corrected chi connectivity index (χ0v) is 29.1. The molecule has 0 aromatic rings. The molecule has 0 aliphatic heterocycles. The molecule has 0 heterocycles. The highest BCUT2D eigenvalue weighted by Gasteiger charge is 2.11. The van der Waals surface area contributed by atoms with E-state index >= 15 is 0 Å². The van der Waals surface area contributed by atoms with Crippen LogP contribution in [0.15, 0.2) is 0 Å². The van der Waals surface area contributed by atoms with Gasteiger partial charge in [-0.15, -0.1) is 0 Å². The van der Waals surface area contributed by atoms with Gasteiger partial charge in [0, 0.05) is 6.42 Å². The van der Waals surface area contributed by atoms with Crippen molar-refractivity contribution in [2.45, 2.75) is 227 Å². The minimum absolute atomic E-state index is 0.0441. The molecule has 2 heteroatoms. The van der Waals surface area contributed by atoms with Gasteiger partial charge < -0.3 is 4.74 Å². The predicted molar refractivity (Wildman–Crippen MR) is 184 cm³/mol. The van der Waals surface area contributed by atoms with Crippen LogP contribution in [0.5, 0.6) is 0 Å². The summed E-state index contributed by atoms with van der Waals surface area (Å²) in [5.41, 5.74) is 0. The van der Waals surface area contributed by atoms with E-state index in [1.807, 2.05) is 0 Å². The van der Waals surface area contributed by atoms with Gasteiger partial charge in [-0.1, -0.05) is 195 Å². The molecule has 0 saturated carbocycles. The maximum atomic E-state index is 12.4. The van der Waals surface area contributed by atoms with E-state index in [0.29, 0.717) is 13.0 Å². The second-order valence-corrected chi connectivity index (χ2v) is 13.5. The molecule has 0 saturated heterocycles. The molecule has 0 bridgehead atoms. The number of esters is 1. The number of rotatable bonds is 34. The minimum atomic E-state index is 0.0441. The smallest absolute Gasteiger partial charge is 0.305 e. The zero-order valence-electron chi connectivity index (χ0n) is 29.1. The van der Waals surface area contributed by atoms with Crippen LogP contribution < -0.4 is 0 Å². The van der Waals surface area contributed by atoms with E-state index < -0.39 is 0 Å². The second kappa shape index (κ2) is 34.0. The van der Waals surface area contributed by atoms with Crippen LogP contribution in [0.2, 0.25) is 0 Å². The highest BCUT2D eigenvalue weighted by Crippen LogP contribution is 2.24. The van der Waals surface area contributed by atoms with Crippen molar-refractivity contribution in [3.05, 3.63) is 0 Å². The summed E-state index contributed by atoms with van der Waals surface area (Å²) in [5.74, 6) is 1.67. The van der Waals surface area contributed by atoms with Crippen LogP contribution in [0.3, 0.4) is 0 Å². The second-order valence-electron chi connectivity index (χ2n) is 13.5. The third-order valence-corrected chi connectivity index (χ3v) is 9.49. The van der Waals surface area contributed by atoms with Gasteiger partial charge in [-0.05, 0) is 37.5 Å². The Morgan fingerprint density at radius 1 is 0.415 bits per heavy atom. The molecule has 0 aromatic carbocycles. The summed E-state index contributed by atoms with van der Waals surface area (Å²) in [6.45, 7) is 9.85. The van der Waals surface area contributed by atoms with Gasteiger partial charge in [0.15, 0.2) is 0 Å². The summed E-state index contributed by atoms with van der Waals surface area (Å²) < 4.78 is 5.68. The first kappa shape index (κ1) is 40.5. The molecule has 0 aromatic heterocycles. The van der Waals surface area contributed by atoms with Crippen LogP contribution in [0.1, 0.15) is 227 Å². The SMILES string of the molecule is CCCCCCCCCCC(CC)CCCC(=O)OCCCC(CCCCCCCCC)CCCCCCCCC. The highest BCUT2D eigenvalue weighted by atomic mass is 16.5. The summed E-state index contributed by atoms with van der Waals surface area (Å²) in [7, 11) is 0. The van der Waals surface area contributed by atoms with Crippen molar-refractivity contribution in [3.8, 4) is 0 Å². The lowest BCUT2D eigenvalue weighted by Gasteiger charge is -2.17.